The summed E-state index contributed by atoms with van der Waals surface area (Å²) in [6, 6.07) is 10.0. The fourth-order valence-electron chi connectivity index (χ4n) is 4.89. The lowest BCUT2D eigenvalue weighted by molar-refractivity contribution is -0.149. The van der Waals surface area contributed by atoms with Gasteiger partial charge in [-0.2, -0.15) is 13.1 Å². The first kappa shape index (κ1) is 25.4. The lowest BCUT2D eigenvalue weighted by atomic mass is 9.93. The molecule has 0 radical (unpaired) electrons. The molecule has 0 saturated heterocycles. The molecule has 2 aromatic carbocycles. The van der Waals surface area contributed by atoms with Gasteiger partial charge in [0.2, 0.25) is 10.0 Å². The minimum absolute atomic E-state index is 0.0347. The number of nitrogens with zero attached hydrogens (tertiary/aromatic N) is 3. The number of aliphatic hydroxyl groups is 1. The number of anilines is 1. The first-order chi connectivity index (χ1) is 17.5. The van der Waals surface area contributed by atoms with Gasteiger partial charge in [0, 0.05) is 33.2 Å². The van der Waals surface area contributed by atoms with Crippen molar-refractivity contribution in [3.63, 3.8) is 0 Å². The molecule has 3 aliphatic heterocycles. The smallest absolute Gasteiger partial charge is 0.387 e. The second-order valence-electron chi connectivity index (χ2n) is 9.52. The summed E-state index contributed by atoms with van der Waals surface area (Å²) in [5.41, 5.74) is 1.09. The van der Waals surface area contributed by atoms with Crippen LogP contribution in [-0.4, -0.2) is 81.6 Å². The fraction of sp³-hybridized carbons (Fsp3) is 0.400. The maximum Gasteiger partial charge on any atom is 0.387 e. The van der Waals surface area contributed by atoms with E-state index < -0.39 is 28.1 Å². The van der Waals surface area contributed by atoms with E-state index in [1.54, 1.807) is 18.2 Å². The number of hydrogen-bond acceptors (Lipinski definition) is 7. The van der Waals surface area contributed by atoms with Crippen LogP contribution in [0.2, 0.25) is 0 Å². The van der Waals surface area contributed by atoms with Crippen molar-refractivity contribution in [2.24, 2.45) is 0 Å². The number of rotatable bonds is 6. The summed E-state index contributed by atoms with van der Waals surface area (Å²) in [5, 5.41) is 11.2. The number of hydrogen-bond donors (Lipinski definition) is 1. The highest BCUT2D eigenvalue weighted by Gasteiger charge is 2.43. The van der Waals surface area contributed by atoms with Gasteiger partial charge in [-0.25, -0.2) is 8.42 Å². The Morgan fingerprint density at radius 3 is 2.35 bits per heavy atom. The number of ether oxygens (including phenoxy) is 2. The molecule has 0 saturated carbocycles. The lowest BCUT2D eigenvalue weighted by Gasteiger charge is -2.32. The van der Waals surface area contributed by atoms with E-state index in [0.29, 0.717) is 24.5 Å². The maximum atomic E-state index is 13.4. The van der Waals surface area contributed by atoms with Crippen LogP contribution >= 0.6 is 0 Å². The third-order valence-corrected chi connectivity index (χ3v) is 8.81. The van der Waals surface area contributed by atoms with E-state index in [0.717, 1.165) is 16.8 Å². The van der Waals surface area contributed by atoms with Crippen LogP contribution in [0.25, 0.3) is 0 Å². The van der Waals surface area contributed by atoms with Crippen LogP contribution < -0.4 is 14.4 Å². The van der Waals surface area contributed by atoms with E-state index in [1.807, 2.05) is 11.9 Å². The summed E-state index contributed by atoms with van der Waals surface area (Å²) in [5.74, 6) is 0.0978. The normalized spacial score (nSPS) is 19.5. The number of fused-ring (bicyclic) bond motifs is 1. The van der Waals surface area contributed by atoms with Gasteiger partial charge in [0.25, 0.3) is 5.91 Å². The quantitative estimate of drug-likeness (QED) is 0.566. The van der Waals surface area contributed by atoms with Crippen LogP contribution in [0.4, 0.5) is 14.5 Å². The summed E-state index contributed by atoms with van der Waals surface area (Å²) in [6.45, 7) is 0.373. The zero-order valence-corrected chi connectivity index (χ0v) is 21.2. The molecule has 1 unspecified atom stereocenters. The number of amides is 1. The van der Waals surface area contributed by atoms with Crippen molar-refractivity contribution in [1.82, 2.24) is 9.21 Å². The molecule has 2 aromatic rings. The van der Waals surface area contributed by atoms with Gasteiger partial charge in [-0.1, -0.05) is 6.07 Å². The molecule has 5 rings (SSSR count). The molecule has 9 nitrogen and oxygen atoms in total. The molecule has 0 bridgehead atoms. The van der Waals surface area contributed by atoms with Gasteiger partial charge in [0.1, 0.15) is 18.1 Å². The Morgan fingerprint density at radius 1 is 1.08 bits per heavy atom. The highest BCUT2D eigenvalue weighted by atomic mass is 32.2. The first-order valence-corrected chi connectivity index (χ1v) is 13.2. The monoisotopic (exact) mass is 535 g/mol. The van der Waals surface area contributed by atoms with Crippen molar-refractivity contribution < 1.29 is 36.6 Å². The van der Waals surface area contributed by atoms with Gasteiger partial charge in [0.05, 0.1) is 17.1 Å². The maximum absolute atomic E-state index is 13.4. The van der Waals surface area contributed by atoms with Gasteiger partial charge < -0.3 is 24.4 Å². The molecular weight excluding hydrogens is 508 g/mol. The van der Waals surface area contributed by atoms with Crippen molar-refractivity contribution >= 4 is 21.6 Å². The molecule has 1 amide bonds. The molecule has 198 valence electrons. The third kappa shape index (κ3) is 4.64. The average molecular weight is 536 g/mol. The van der Waals surface area contributed by atoms with Crippen molar-refractivity contribution in [1.29, 1.82) is 0 Å². The van der Waals surface area contributed by atoms with Gasteiger partial charge in [-0.3, -0.25) is 4.79 Å². The highest BCUT2D eigenvalue weighted by molar-refractivity contribution is 7.89. The molecule has 1 N–H and O–H groups in total. The van der Waals surface area contributed by atoms with Crippen LogP contribution in [0.15, 0.2) is 58.5 Å². The van der Waals surface area contributed by atoms with E-state index in [1.165, 1.54) is 40.4 Å². The minimum atomic E-state index is -3.87. The SMILES string of the molecule is CN1CCOc2ccc(C(C)(O)C(=O)N3CC4=C(C3)CN(S(=O)(=O)c3ccc(OC(F)F)cc3)C4)cc21. The Bertz CT molecular complexity index is 1340. The highest BCUT2D eigenvalue weighted by Crippen LogP contribution is 2.37. The third-order valence-electron chi connectivity index (χ3n) is 7.00. The lowest BCUT2D eigenvalue weighted by Crippen LogP contribution is -2.46. The van der Waals surface area contributed by atoms with Crippen LogP contribution in [0.1, 0.15) is 12.5 Å². The Balaban J connectivity index is 1.25. The van der Waals surface area contributed by atoms with Crippen LogP contribution in [-0.2, 0) is 20.4 Å². The van der Waals surface area contributed by atoms with Crippen molar-refractivity contribution in [2.75, 3.05) is 51.3 Å². The molecule has 1 atom stereocenters. The topological polar surface area (TPSA) is 99.6 Å². The predicted molar refractivity (Wildman–Crippen MR) is 130 cm³/mol. The molecule has 0 fully saturated rings. The fourth-order valence-corrected chi connectivity index (χ4v) is 6.32. The van der Waals surface area contributed by atoms with Crippen LogP contribution in [0, 0.1) is 0 Å². The van der Waals surface area contributed by atoms with E-state index in [2.05, 4.69) is 4.74 Å². The van der Waals surface area contributed by atoms with E-state index in [-0.39, 0.29) is 36.8 Å². The number of benzene rings is 2. The zero-order valence-electron chi connectivity index (χ0n) is 20.4. The summed E-state index contributed by atoms with van der Waals surface area (Å²) in [4.78, 5) is 16.9. The molecular formula is C25H27F2N3O6S. The van der Waals surface area contributed by atoms with Gasteiger partial charge in [0.15, 0.2) is 5.60 Å². The molecule has 0 aromatic heterocycles. The van der Waals surface area contributed by atoms with Gasteiger partial charge >= 0.3 is 6.61 Å². The van der Waals surface area contributed by atoms with Crippen molar-refractivity contribution in [3.8, 4) is 11.5 Å². The number of carbonyl (C=O) groups is 1. The van der Waals surface area contributed by atoms with Gasteiger partial charge in [-0.05, 0) is 60.0 Å². The standard InChI is InChI=1S/C25H27F2N3O6S/c1-25(32,18-3-8-22-21(11-18)28(2)9-10-35-22)23(31)29-12-16-14-30(15-17(16)13-29)37(33,34)20-6-4-19(5-7-20)36-24(26)27/h3-8,11,24,32H,9-10,12-15H2,1-2H3. The number of carbonyl (C=O) groups excluding carboxylic acids is 1. The van der Waals surface area contributed by atoms with Crippen LogP contribution in [0.3, 0.4) is 0 Å². The number of halogens is 2. The summed E-state index contributed by atoms with van der Waals surface area (Å²) >= 11 is 0. The molecule has 12 heteroatoms. The molecule has 37 heavy (non-hydrogen) atoms. The number of likely N-dealkylation sites (N-methyl/N-ethyl adjacent to an activating group) is 1. The van der Waals surface area contributed by atoms with E-state index in [4.69, 9.17) is 4.74 Å². The molecule has 3 aliphatic rings. The van der Waals surface area contributed by atoms with Crippen molar-refractivity contribution in [3.05, 3.63) is 59.2 Å². The van der Waals surface area contributed by atoms with Crippen molar-refractivity contribution in [2.45, 2.75) is 24.0 Å². The number of alkyl halides is 2. The second-order valence-corrected chi connectivity index (χ2v) is 11.5. The Labute approximate surface area is 213 Å². The van der Waals surface area contributed by atoms with Crippen LogP contribution in [0.5, 0.6) is 11.5 Å². The Kier molecular flexibility index (Phi) is 6.37. The zero-order chi connectivity index (χ0) is 26.5. The number of sulfonamides is 1. The second kappa shape index (κ2) is 9.26. The van der Waals surface area contributed by atoms with E-state index in [9.17, 15) is 27.1 Å². The van der Waals surface area contributed by atoms with Gasteiger partial charge in [-0.15, -0.1) is 0 Å². The summed E-state index contributed by atoms with van der Waals surface area (Å²) in [7, 11) is -1.95. The summed E-state index contributed by atoms with van der Waals surface area (Å²) < 4.78 is 62.1. The molecule has 3 heterocycles. The van der Waals surface area contributed by atoms with E-state index >= 15 is 0 Å². The molecule has 0 aliphatic carbocycles. The predicted octanol–water partition coefficient (Wildman–Crippen LogP) is 2.17. The first-order valence-electron chi connectivity index (χ1n) is 11.7. The minimum Gasteiger partial charge on any atom is -0.490 e. The molecule has 0 spiro atoms. The summed E-state index contributed by atoms with van der Waals surface area (Å²) in [6.07, 6.45) is 0. The average Bonchev–Trinajstić information content (AvgIpc) is 3.44. The Morgan fingerprint density at radius 2 is 1.73 bits per heavy atom. The largest absolute Gasteiger partial charge is 0.490 e. The Hall–Kier alpha value is -3.22.